The number of aryl methyl sites for hydroxylation is 1. The normalized spacial score (nSPS) is 14.3. The second-order valence-corrected chi connectivity index (χ2v) is 5.91. The lowest BCUT2D eigenvalue weighted by atomic mass is 10.0. The van der Waals surface area contributed by atoms with Crippen molar-refractivity contribution in [1.29, 1.82) is 0 Å². The van der Waals surface area contributed by atoms with Gasteiger partial charge in [0.2, 0.25) is 0 Å². The van der Waals surface area contributed by atoms with Crippen LogP contribution < -0.4 is 5.32 Å². The van der Waals surface area contributed by atoms with Gasteiger partial charge in [0.05, 0.1) is 0 Å². The molecule has 0 saturated heterocycles. The molecule has 2 aromatic rings. The maximum absolute atomic E-state index is 13.6. The van der Waals surface area contributed by atoms with E-state index < -0.39 is 0 Å². The molecule has 2 unspecified atom stereocenters. The molecule has 0 spiro atoms. The van der Waals surface area contributed by atoms with Crippen LogP contribution in [0.4, 0.5) is 4.39 Å². The van der Waals surface area contributed by atoms with Gasteiger partial charge in [0, 0.05) is 12.1 Å². The van der Waals surface area contributed by atoms with Gasteiger partial charge in [-0.2, -0.15) is 11.3 Å². The van der Waals surface area contributed by atoms with E-state index in [1.807, 2.05) is 12.1 Å². The molecule has 1 heterocycles. The number of halogens is 1. The SMILES string of the molecule is Cc1ccc(C(C)NC(C)Cc2ccsc2)cc1F. The Bertz CT molecular complexity index is 522. The third-order valence-electron chi connectivity index (χ3n) is 3.35. The standard InChI is InChI=1S/C16H20FNS/c1-11-4-5-15(9-16(11)17)13(3)18-12(2)8-14-6-7-19-10-14/h4-7,9-10,12-13,18H,8H2,1-3H3. The molecule has 0 aliphatic heterocycles. The summed E-state index contributed by atoms with van der Waals surface area (Å²) >= 11 is 1.72. The highest BCUT2D eigenvalue weighted by Gasteiger charge is 2.11. The van der Waals surface area contributed by atoms with Gasteiger partial charge in [0.15, 0.2) is 0 Å². The smallest absolute Gasteiger partial charge is 0.126 e. The Morgan fingerprint density at radius 1 is 1.26 bits per heavy atom. The van der Waals surface area contributed by atoms with Gasteiger partial charge in [-0.25, -0.2) is 4.39 Å². The summed E-state index contributed by atoms with van der Waals surface area (Å²) in [6, 6.07) is 8.14. The van der Waals surface area contributed by atoms with Crippen molar-refractivity contribution in [2.75, 3.05) is 0 Å². The van der Waals surface area contributed by atoms with Crippen LogP contribution in [0.2, 0.25) is 0 Å². The topological polar surface area (TPSA) is 12.0 Å². The molecule has 1 nitrogen and oxygen atoms in total. The van der Waals surface area contributed by atoms with Crippen LogP contribution in [-0.2, 0) is 6.42 Å². The molecule has 0 radical (unpaired) electrons. The molecule has 1 aromatic carbocycles. The molecule has 1 aromatic heterocycles. The van der Waals surface area contributed by atoms with Crippen molar-refractivity contribution in [2.24, 2.45) is 0 Å². The predicted octanol–water partition coefficient (Wildman–Crippen LogP) is 4.48. The minimum Gasteiger partial charge on any atom is -0.307 e. The highest BCUT2D eigenvalue weighted by molar-refractivity contribution is 7.07. The Balaban J connectivity index is 1.96. The third-order valence-corrected chi connectivity index (χ3v) is 4.08. The van der Waals surface area contributed by atoms with Gasteiger partial charge in [0.25, 0.3) is 0 Å². The second kappa shape index (κ2) is 6.31. The molecule has 0 aliphatic carbocycles. The highest BCUT2D eigenvalue weighted by Crippen LogP contribution is 2.18. The Morgan fingerprint density at radius 2 is 2.05 bits per heavy atom. The van der Waals surface area contributed by atoms with E-state index in [2.05, 4.69) is 36.0 Å². The van der Waals surface area contributed by atoms with Crippen LogP contribution in [0.25, 0.3) is 0 Å². The molecular weight excluding hydrogens is 257 g/mol. The molecular formula is C16H20FNS. The summed E-state index contributed by atoms with van der Waals surface area (Å²) in [5.74, 6) is -0.128. The molecule has 2 rings (SSSR count). The van der Waals surface area contributed by atoms with Crippen LogP contribution in [0, 0.1) is 12.7 Å². The summed E-state index contributed by atoms with van der Waals surface area (Å²) in [6.45, 7) is 6.03. The van der Waals surface area contributed by atoms with E-state index in [0.717, 1.165) is 12.0 Å². The molecule has 19 heavy (non-hydrogen) atoms. The number of rotatable bonds is 5. The molecule has 2 atom stereocenters. The van der Waals surface area contributed by atoms with Gasteiger partial charge in [-0.3, -0.25) is 0 Å². The van der Waals surface area contributed by atoms with E-state index in [1.165, 1.54) is 5.56 Å². The first-order chi connectivity index (χ1) is 9.06. The molecule has 0 aliphatic rings. The minimum absolute atomic E-state index is 0.128. The second-order valence-electron chi connectivity index (χ2n) is 5.13. The summed E-state index contributed by atoms with van der Waals surface area (Å²) in [4.78, 5) is 0. The molecule has 3 heteroatoms. The van der Waals surface area contributed by atoms with E-state index >= 15 is 0 Å². The van der Waals surface area contributed by atoms with Gasteiger partial charge >= 0.3 is 0 Å². The first-order valence-electron chi connectivity index (χ1n) is 6.59. The van der Waals surface area contributed by atoms with E-state index in [9.17, 15) is 4.39 Å². The summed E-state index contributed by atoms with van der Waals surface area (Å²) < 4.78 is 13.6. The molecule has 0 bridgehead atoms. The lowest BCUT2D eigenvalue weighted by Gasteiger charge is -2.20. The maximum Gasteiger partial charge on any atom is 0.126 e. The average molecular weight is 277 g/mol. The fourth-order valence-electron chi connectivity index (χ4n) is 2.22. The van der Waals surface area contributed by atoms with Crippen molar-refractivity contribution in [2.45, 2.75) is 39.3 Å². The molecule has 0 saturated carbocycles. The fourth-order valence-corrected chi connectivity index (χ4v) is 2.90. The van der Waals surface area contributed by atoms with E-state index in [-0.39, 0.29) is 11.9 Å². The fraction of sp³-hybridized carbons (Fsp3) is 0.375. The van der Waals surface area contributed by atoms with Crippen LogP contribution in [-0.4, -0.2) is 6.04 Å². The monoisotopic (exact) mass is 277 g/mol. The number of benzene rings is 1. The van der Waals surface area contributed by atoms with Crippen molar-refractivity contribution in [3.05, 3.63) is 57.5 Å². The van der Waals surface area contributed by atoms with E-state index in [4.69, 9.17) is 0 Å². The van der Waals surface area contributed by atoms with Gasteiger partial charge in [-0.05, 0) is 66.8 Å². The van der Waals surface area contributed by atoms with Crippen LogP contribution >= 0.6 is 11.3 Å². The Hall–Kier alpha value is -1.19. The number of hydrogen-bond acceptors (Lipinski definition) is 2. The molecule has 102 valence electrons. The summed E-state index contributed by atoms with van der Waals surface area (Å²) in [5.41, 5.74) is 3.05. The molecule has 0 fully saturated rings. The highest BCUT2D eigenvalue weighted by atomic mass is 32.1. The third kappa shape index (κ3) is 3.88. The summed E-state index contributed by atoms with van der Waals surface area (Å²) in [7, 11) is 0. The first kappa shape index (κ1) is 14.2. The first-order valence-corrected chi connectivity index (χ1v) is 7.53. The van der Waals surface area contributed by atoms with Gasteiger partial charge < -0.3 is 5.32 Å². The number of hydrogen-bond donors (Lipinski definition) is 1. The van der Waals surface area contributed by atoms with Gasteiger partial charge in [-0.15, -0.1) is 0 Å². The molecule has 1 N–H and O–H groups in total. The quantitative estimate of drug-likeness (QED) is 0.850. The Morgan fingerprint density at radius 3 is 2.68 bits per heavy atom. The van der Waals surface area contributed by atoms with Crippen molar-refractivity contribution in [1.82, 2.24) is 5.32 Å². The van der Waals surface area contributed by atoms with E-state index in [1.54, 1.807) is 24.3 Å². The predicted molar refractivity (Wildman–Crippen MR) is 80.2 cm³/mol. The van der Waals surface area contributed by atoms with Crippen LogP contribution in [0.5, 0.6) is 0 Å². The van der Waals surface area contributed by atoms with Crippen molar-refractivity contribution in [3.63, 3.8) is 0 Å². The van der Waals surface area contributed by atoms with Crippen LogP contribution in [0.15, 0.2) is 35.0 Å². The van der Waals surface area contributed by atoms with Crippen molar-refractivity contribution < 1.29 is 4.39 Å². The Labute approximate surface area is 118 Å². The average Bonchev–Trinajstić information content (AvgIpc) is 2.85. The van der Waals surface area contributed by atoms with Gasteiger partial charge in [0.1, 0.15) is 5.82 Å². The lowest BCUT2D eigenvalue weighted by Crippen LogP contribution is -2.30. The van der Waals surface area contributed by atoms with Crippen LogP contribution in [0.3, 0.4) is 0 Å². The lowest BCUT2D eigenvalue weighted by molar-refractivity contribution is 0.475. The van der Waals surface area contributed by atoms with Crippen LogP contribution in [0.1, 0.15) is 36.6 Å². The summed E-state index contributed by atoms with van der Waals surface area (Å²) in [5, 5.41) is 7.79. The zero-order valence-corrected chi connectivity index (χ0v) is 12.4. The summed E-state index contributed by atoms with van der Waals surface area (Å²) in [6.07, 6.45) is 1.00. The zero-order valence-electron chi connectivity index (χ0n) is 11.6. The largest absolute Gasteiger partial charge is 0.307 e. The van der Waals surface area contributed by atoms with E-state index in [0.29, 0.717) is 11.6 Å². The van der Waals surface area contributed by atoms with Gasteiger partial charge in [-0.1, -0.05) is 12.1 Å². The molecule has 0 amide bonds. The maximum atomic E-state index is 13.6. The van der Waals surface area contributed by atoms with Crippen molar-refractivity contribution in [3.8, 4) is 0 Å². The minimum atomic E-state index is -0.128. The number of nitrogens with one attached hydrogen (secondary N) is 1. The van der Waals surface area contributed by atoms with Crippen molar-refractivity contribution >= 4 is 11.3 Å². The zero-order chi connectivity index (χ0) is 13.8. The Kier molecular flexibility index (Phi) is 4.72. The number of thiophene rings is 1.